The van der Waals surface area contributed by atoms with E-state index in [0.29, 0.717) is 36.8 Å². The standard InChI is InChI=1S/C35H33Cl2FN2O7/c1-2-7-19-8-6-9-24(29(19)43)28-22-15-16-23-27(31(45)39(30(23)44)17-5-3-4-10-26(41)42)25(22)18-34(36)32(46)40(33(47)35(28,34)37)21-13-11-20(38)12-14-21/h2,6,8-9,11-15,23,25,27-28,43H,1,3-5,7,10,16-18H2,(H,41,42). The first-order chi connectivity index (χ1) is 22.4. The summed E-state index contributed by atoms with van der Waals surface area (Å²) in [6.07, 6.45) is 4.99. The zero-order valence-electron chi connectivity index (χ0n) is 25.3. The number of anilines is 1. The molecule has 2 heterocycles. The number of hydrogen-bond acceptors (Lipinski definition) is 6. The van der Waals surface area contributed by atoms with E-state index >= 15 is 0 Å². The lowest BCUT2D eigenvalue weighted by Gasteiger charge is -2.50. The van der Waals surface area contributed by atoms with Crippen LogP contribution in [0.2, 0.25) is 0 Å². The molecule has 2 aromatic carbocycles. The van der Waals surface area contributed by atoms with E-state index in [1.54, 1.807) is 30.4 Å². The highest BCUT2D eigenvalue weighted by atomic mass is 35.5. The van der Waals surface area contributed by atoms with Gasteiger partial charge in [-0.15, -0.1) is 29.8 Å². The van der Waals surface area contributed by atoms with Crippen molar-refractivity contribution in [3.05, 3.63) is 83.7 Å². The number of carbonyl (C=O) groups excluding carboxylic acids is 4. The Morgan fingerprint density at radius 1 is 1.00 bits per heavy atom. The number of aromatic hydroxyl groups is 1. The summed E-state index contributed by atoms with van der Waals surface area (Å²) in [5.41, 5.74) is 1.35. The zero-order valence-corrected chi connectivity index (χ0v) is 26.8. The molecule has 0 aromatic heterocycles. The Morgan fingerprint density at radius 3 is 2.40 bits per heavy atom. The molecule has 2 saturated heterocycles. The second kappa shape index (κ2) is 12.2. The summed E-state index contributed by atoms with van der Waals surface area (Å²) in [7, 11) is 0. The largest absolute Gasteiger partial charge is 0.507 e. The summed E-state index contributed by atoms with van der Waals surface area (Å²) in [4.78, 5) is 65.0. The molecule has 12 heteroatoms. The fourth-order valence-corrected chi connectivity index (χ4v) is 8.84. The van der Waals surface area contributed by atoms with Crippen molar-refractivity contribution in [1.82, 2.24) is 4.90 Å². The van der Waals surface area contributed by atoms with Gasteiger partial charge in [-0.1, -0.05) is 42.3 Å². The lowest BCUT2D eigenvalue weighted by Crippen LogP contribution is -2.60. The van der Waals surface area contributed by atoms with Gasteiger partial charge in [-0.3, -0.25) is 28.9 Å². The Labute approximate surface area is 280 Å². The minimum atomic E-state index is -2.16. The molecule has 2 aliphatic heterocycles. The van der Waals surface area contributed by atoms with Crippen molar-refractivity contribution in [3.63, 3.8) is 0 Å². The van der Waals surface area contributed by atoms with Gasteiger partial charge in [-0.2, -0.15) is 0 Å². The number of imide groups is 2. The van der Waals surface area contributed by atoms with Crippen LogP contribution in [-0.2, 0) is 30.4 Å². The first kappa shape index (κ1) is 32.9. The number of unbranched alkanes of at least 4 members (excludes halogenated alkanes) is 2. The average molecular weight is 684 g/mol. The molecule has 9 nitrogen and oxygen atoms in total. The molecule has 2 aromatic rings. The predicted molar refractivity (Wildman–Crippen MR) is 171 cm³/mol. The highest BCUT2D eigenvalue weighted by Gasteiger charge is 2.76. The number of carbonyl (C=O) groups is 5. The minimum absolute atomic E-state index is 0.00952. The van der Waals surface area contributed by atoms with Gasteiger partial charge in [-0.05, 0) is 67.9 Å². The first-order valence-corrected chi connectivity index (χ1v) is 16.3. The lowest BCUT2D eigenvalue weighted by molar-refractivity contribution is -0.141. The number of hydrogen-bond donors (Lipinski definition) is 2. The Morgan fingerprint density at radius 2 is 1.72 bits per heavy atom. The van der Waals surface area contributed by atoms with Crippen LogP contribution in [0.5, 0.6) is 5.75 Å². The number of likely N-dealkylation sites (tertiary alicyclic amines) is 1. The Balaban J connectivity index is 1.45. The molecule has 6 unspecified atom stereocenters. The maximum Gasteiger partial charge on any atom is 0.303 e. The predicted octanol–water partition coefficient (Wildman–Crippen LogP) is 5.47. The molecule has 3 fully saturated rings. The van der Waals surface area contributed by atoms with Crippen molar-refractivity contribution in [2.45, 2.75) is 60.6 Å². The van der Waals surface area contributed by atoms with Crippen molar-refractivity contribution in [2.24, 2.45) is 17.8 Å². The molecule has 2 N–H and O–H groups in total. The van der Waals surface area contributed by atoms with E-state index in [2.05, 4.69) is 6.58 Å². The topological polar surface area (TPSA) is 132 Å². The maximum atomic E-state index is 14.5. The molecule has 6 atom stereocenters. The van der Waals surface area contributed by atoms with Crippen LogP contribution < -0.4 is 4.90 Å². The number of allylic oxidation sites excluding steroid dienone is 3. The highest BCUT2D eigenvalue weighted by Crippen LogP contribution is 2.66. The third-order valence-corrected chi connectivity index (χ3v) is 11.5. The molecule has 0 spiro atoms. The molecule has 4 amide bonds. The molecular formula is C35H33Cl2FN2O7. The monoisotopic (exact) mass is 682 g/mol. The van der Waals surface area contributed by atoms with E-state index in [1.807, 2.05) is 0 Å². The van der Waals surface area contributed by atoms with Crippen LogP contribution in [0.3, 0.4) is 0 Å². The minimum Gasteiger partial charge on any atom is -0.507 e. The number of aliphatic carboxylic acids is 1. The molecule has 1 saturated carbocycles. The van der Waals surface area contributed by atoms with Crippen molar-refractivity contribution >= 4 is 58.5 Å². The second-order valence-corrected chi connectivity index (χ2v) is 13.9. The van der Waals surface area contributed by atoms with Gasteiger partial charge >= 0.3 is 5.97 Å². The van der Waals surface area contributed by atoms with E-state index in [-0.39, 0.29) is 48.7 Å². The molecule has 0 radical (unpaired) electrons. The SMILES string of the molecule is C=CCc1cccc(C2C3=CCC4C(=O)N(CCCCCC(=O)O)C(=O)C4C3CC3(Cl)C(=O)N(c4ccc(F)cc4)C(=O)C23Cl)c1O. The molecule has 6 rings (SSSR count). The van der Waals surface area contributed by atoms with E-state index in [9.17, 15) is 33.5 Å². The number of benzene rings is 2. The summed E-state index contributed by atoms with van der Waals surface area (Å²) in [5.74, 6) is -7.66. The van der Waals surface area contributed by atoms with Gasteiger partial charge in [0.2, 0.25) is 11.8 Å². The van der Waals surface area contributed by atoms with Crippen molar-refractivity contribution in [2.75, 3.05) is 11.4 Å². The fourth-order valence-electron chi connectivity index (χ4n) is 7.92. The number of amides is 4. The number of rotatable bonds is 10. The Kier molecular flexibility index (Phi) is 8.55. The van der Waals surface area contributed by atoms with Crippen LogP contribution >= 0.6 is 23.2 Å². The molecular weight excluding hydrogens is 650 g/mol. The van der Waals surface area contributed by atoms with Crippen LogP contribution in [0.4, 0.5) is 10.1 Å². The number of carboxylic acid groups (broad SMARTS) is 1. The summed E-state index contributed by atoms with van der Waals surface area (Å²) in [6.45, 7) is 3.88. The summed E-state index contributed by atoms with van der Waals surface area (Å²) >= 11 is 14.7. The van der Waals surface area contributed by atoms with Gasteiger partial charge < -0.3 is 10.2 Å². The second-order valence-electron chi connectivity index (χ2n) is 12.6. The number of nitrogens with zero attached hydrogens (tertiary/aromatic N) is 2. The molecule has 47 heavy (non-hydrogen) atoms. The molecule has 0 bridgehead atoms. The third-order valence-electron chi connectivity index (χ3n) is 10.1. The van der Waals surface area contributed by atoms with Crippen LogP contribution in [0.25, 0.3) is 0 Å². The number of phenolic OH excluding ortho intramolecular Hbond substituents is 1. The Hall–Kier alpha value is -4.02. The lowest BCUT2D eigenvalue weighted by atomic mass is 9.56. The average Bonchev–Trinajstić information content (AvgIpc) is 3.36. The van der Waals surface area contributed by atoms with E-state index < -0.39 is 62.9 Å². The van der Waals surface area contributed by atoms with Crippen molar-refractivity contribution < 1.29 is 38.6 Å². The van der Waals surface area contributed by atoms with E-state index in [0.717, 1.165) is 17.0 Å². The molecule has 246 valence electrons. The van der Waals surface area contributed by atoms with Crippen LogP contribution in [0.15, 0.2) is 66.8 Å². The highest BCUT2D eigenvalue weighted by molar-refractivity contribution is 6.58. The number of phenols is 1. The van der Waals surface area contributed by atoms with Gasteiger partial charge in [-0.25, -0.2) is 9.29 Å². The first-order valence-electron chi connectivity index (χ1n) is 15.6. The van der Waals surface area contributed by atoms with Crippen molar-refractivity contribution in [3.8, 4) is 5.75 Å². The normalized spacial score (nSPS) is 29.8. The summed E-state index contributed by atoms with van der Waals surface area (Å²) in [6, 6.07) is 9.75. The number of alkyl halides is 2. The number of fused-ring (bicyclic) bond motifs is 4. The van der Waals surface area contributed by atoms with Gasteiger partial charge in [0.15, 0.2) is 9.75 Å². The van der Waals surface area contributed by atoms with E-state index in [1.165, 1.54) is 17.0 Å². The van der Waals surface area contributed by atoms with Gasteiger partial charge in [0.05, 0.1) is 17.5 Å². The fraction of sp³-hybridized carbons (Fsp3) is 0.400. The number of halogens is 3. The maximum absolute atomic E-state index is 14.5. The zero-order chi connectivity index (χ0) is 33.8. The summed E-state index contributed by atoms with van der Waals surface area (Å²) < 4.78 is 13.8. The van der Waals surface area contributed by atoms with Gasteiger partial charge in [0.1, 0.15) is 11.6 Å². The third kappa shape index (κ3) is 4.99. The van der Waals surface area contributed by atoms with Crippen LogP contribution in [0, 0.1) is 23.6 Å². The number of carboxylic acids is 1. The smallest absolute Gasteiger partial charge is 0.303 e. The molecule has 2 aliphatic carbocycles. The van der Waals surface area contributed by atoms with Gasteiger partial charge in [0.25, 0.3) is 11.8 Å². The van der Waals surface area contributed by atoms with Crippen LogP contribution in [-0.4, -0.2) is 61.0 Å². The Bertz CT molecular complexity index is 1730. The van der Waals surface area contributed by atoms with E-state index in [4.69, 9.17) is 28.3 Å². The number of para-hydroxylation sites is 1. The van der Waals surface area contributed by atoms with Crippen molar-refractivity contribution in [1.29, 1.82) is 0 Å². The molecule has 4 aliphatic rings. The summed E-state index contributed by atoms with van der Waals surface area (Å²) in [5, 5.41) is 20.5. The quantitative estimate of drug-likeness (QED) is 0.147. The van der Waals surface area contributed by atoms with Gasteiger partial charge in [0, 0.05) is 24.4 Å². The van der Waals surface area contributed by atoms with Crippen LogP contribution in [0.1, 0.15) is 55.6 Å².